The van der Waals surface area contributed by atoms with Crippen LogP contribution < -0.4 is 10.1 Å². The van der Waals surface area contributed by atoms with Crippen molar-refractivity contribution in [2.45, 2.75) is 34.2 Å². The molecule has 0 bridgehead atoms. The fourth-order valence-electron chi connectivity index (χ4n) is 4.15. The van der Waals surface area contributed by atoms with Gasteiger partial charge in [0.1, 0.15) is 17.1 Å². The number of nitro groups is 1. The van der Waals surface area contributed by atoms with E-state index in [1.54, 1.807) is 16.8 Å². The van der Waals surface area contributed by atoms with Gasteiger partial charge < -0.3 is 10.1 Å². The van der Waals surface area contributed by atoms with Crippen molar-refractivity contribution in [3.05, 3.63) is 93.6 Å². The lowest BCUT2D eigenvalue weighted by molar-refractivity contribution is -0.384. The highest BCUT2D eigenvalue weighted by molar-refractivity contribution is 6.08. The SMILES string of the molecule is CCn1cc(-c2ccnc3c(C(=O)Nc4cc(Oc5cc(C)ccc5C)cc([N+](=O)[O-])c4)cnn23)c(C)n1. The van der Waals surface area contributed by atoms with E-state index in [-0.39, 0.29) is 22.7 Å². The Labute approximate surface area is 217 Å². The van der Waals surface area contributed by atoms with Crippen molar-refractivity contribution in [1.82, 2.24) is 24.4 Å². The number of carbonyl (C=O) groups is 1. The van der Waals surface area contributed by atoms with Crippen LogP contribution >= 0.6 is 0 Å². The lowest BCUT2D eigenvalue weighted by atomic mass is 10.1. The molecule has 3 heterocycles. The summed E-state index contributed by atoms with van der Waals surface area (Å²) in [5, 5.41) is 23.2. The zero-order valence-electron chi connectivity index (χ0n) is 21.3. The molecular formula is C27H25N7O4. The summed E-state index contributed by atoms with van der Waals surface area (Å²) in [6, 6.07) is 11.7. The number of hydrogen-bond donors (Lipinski definition) is 1. The molecule has 0 saturated carbocycles. The topological polar surface area (TPSA) is 129 Å². The number of nitrogens with zero attached hydrogens (tertiary/aromatic N) is 6. The normalized spacial score (nSPS) is 11.1. The zero-order valence-corrected chi connectivity index (χ0v) is 21.3. The maximum Gasteiger partial charge on any atom is 0.275 e. The number of amides is 1. The molecule has 1 N–H and O–H groups in total. The van der Waals surface area contributed by atoms with E-state index in [0.29, 0.717) is 11.4 Å². The number of ether oxygens (including phenoxy) is 1. The summed E-state index contributed by atoms with van der Waals surface area (Å²) >= 11 is 0. The van der Waals surface area contributed by atoms with Crippen LogP contribution in [0.5, 0.6) is 11.5 Å². The van der Waals surface area contributed by atoms with Crippen molar-refractivity contribution in [2.24, 2.45) is 0 Å². The van der Waals surface area contributed by atoms with Crippen molar-refractivity contribution < 1.29 is 14.5 Å². The molecule has 0 aliphatic rings. The molecule has 0 spiro atoms. The summed E-state index contributed by atoms with van der Waals surface area (Å²) < 4.78 is 9.37. The molecule has 0 aliphatic heterocycles. The van der Waals surface area contributed by atoms with Crippen LogP contribution in [0.2, 0.25) is 0 Å². The highest BCUT2D eigenvalue weighted by atomic mass is 16.6. The van der Waals surface area contributed by atoms with Crippen molar-refractivity contribution in [2.75, 3.05) is 5.32 Å². The molecule has 0 fully saturated rings. The average Bonchev–Trinajstić information content (AvgIpc) is 3.49. The molecule has 11 heteroatoms. The molecule has 192 valence electrons. The van der Waals surface area contributed by atoms with Crippen LogP contribution in [0.15, 0.2) is 61.1 Å². The first kappa shape index (κ1) is 24.6. The van der Waals surface area contributed by atoms with Crippen LogP contribution in [-0.4, -0.2) is 35.2 Å². The first-order valence-corrected chi connectivity index (χ1v) is 12.0. The Morgan fingerprint density at radius 3 is 2.68 bits per heavy atom. The summed E-state index contributed by atoms with van der Waals surface area (Å²) in [6.07, 6.45) is 4.95. The molecule has 5 aromatic rings. The van der Waals surface area contributed by atoms with E-state index in [0.717, 1.165) is 34.6 Å². The number of fused-ring (bicyclic) bond motifs is 1. The van der Waals surface area contributed by atoms with Crippen LogP contribution in [0.4, 0.5) is 11.4 Å². The van der Waals surface area contributed by atoms with Gasteiger partial charge in [-0.15, -0.1) is 0 Å². The van der Waals surface area contributed by atoms with Gasteiger partial charge in [0.15, 0.2) is 5.65 Å². The summed E-state index contributed by atoms with van der Waals surface area (Å²) in [7, 11) is 0. The maximum atomic E-state index is 13.3. The van der Waals surface area contributed by atoms with E-state index in [1.165, 1.54) is 18.3 Å². The molecule has 0 radical (unpaired) electrons. The predicted molar refractivity (Wildman–Crippen MR) is 142 cm³/mol. The summed E-state index contributed by atoms with van der Waals surface area (Å²) in [4.78, 5) is 28.7. The van der Waals surface area contributed by atoms with Gasteiger partial charge in [-0.3, -0.25) is 19.6 Å². The summed E-state index contributed by atoms with van der Waals surface area (Å²) in [6.45, 7) is 8.45. The van der Waals surface area contributed by atoms with Gasteiger partial charge in [-0.2, -0.15) is 10.2 Å². The minimum Gasteiger partial charge on any atom is -0.457 e. The fourth-order valence-corrected chi connectivity index (χ4v) is 4.15. The second-order valence-electron chi connectivity index (χ2n) is 8.91. The monoisotopic (exact) mass is 511 g/mol. The molecular weight excluding hydrogens is 486 g/mol. The Hall–Kier alpha value is -5.06. The van der Waals surface area contributed by atoms with Gasteiger partial charge >= 0.3 is 0 Å². The Balaban J connectivity index is 1.48. The lowest BCUT2D eigenvalue weighted by Gasteiger charge is -2.11. The predicted octanol–water partition coefficient (Wildman–Crippen LogP) is 5.49. The van der Waals surface area contributed by atoms with E-state index in [9.17, 15) is 14.9 Å². The van der Waals surface area contributed by atoms with E-state index >= 15 is 0 Å². The van der Waals surface area contributed by atoms with Gasteiger partial charge in [0, 0.05) is 36.6 Å². The van der Waals surface area contributed by atoms with Crippen molar-refractivity contribution >= 4 is 22.9 Å². The Bertz CT molecular complexity index is 1700. The van der Waals surface area contributed by atoms with Gasteiger partial charge in [-0.1, -0.05) is 12.1 Å². The van der Waals surface area contributed by atoms with Gasteiger partial charge in [-0.25, -0.2) is 9.50 Å². The number of aromatic nitrogens is 5. The van der Waals surface area contributed by atoms with Crippen molar-refractivity contribution in [3.8, 4) is 22.8 Å². The quantitative estimate of drug-likeness (QED) is 0.226. The van der Waals surface area contributed by atoms with Gasteiger partial charge in [0.05, 0.1) is 34.3 Å². The molecule has 38 heavy (non-hydrogen) atoms. The van der Waals surface area contributed by atoms with Crippen LogP contribution in [0, 0.1) is 30.9 Å². The summed E-state index contributed by atoms with van der Waals surface area (Å²) in [5.41, 5.74) is 4.87. The van der Waals surface area contributed by atoms with Gasteiger partial charge in [0.25, 0.3) is 11.6 Å². The second kappa shape index (κ2) is 9.77. The van der Waals surface area contributed by atoms with Crippen molar-refractivity contribution in [3.63, 3.8) is 0 Å². The Morgan fingerprint density at radius 2 is 1.95 bits per heavy atom. The zero-order chi connectivity index (χ0) is 27.0. The highest BCUT2D eigenvalue weighted by Crippen LogP contribution is 2.32. The first-order chi connectivity index (χ1) is 18.2. The van der Waals surface area contributed by atoms with E-state index < -0.39 is 10.8 Å². The molecule has 11 nitrogen and oxygen atoms in total. The molecule has 3 aromatic heterocycles. The fraction of sp³-hybridized carbons (Fsp3) is 0.185. The van der Waals surface area contributed by atoms with E-state index in [1.807, 2.05) is 62.8 Å². The number of nitrogens with one attached hydrogen (secondary N) is 1. The van der Waals surface area contributed by atoms with Gasteiger partial charge in [-0.05, 0) is 51.0 Å². The Morgan fingerprint density at radius 1 is 1.13 bits per heavy atom. The van der Waals surface area contributed by atoms with E-state index in [4.69, 9.17) is 4.74 Å². The molecule has 0 aliphatic carbocycles. The molecule has 0 unspecified atom stereocenters. The highest BCUT2D eigenvalue weighted by Gasteiger charge is 2.20. The number of aryl methyl sites for hydroxylation is 4. The third kappa shape index (κ3) is 4.69. The molecule has 0 atom stereocenters. The van der Waals surface area contributed by atoms with Crippen molar-refractivity contribution in [1.29, 1.82) is 0 Å². The number of rotatable bonds is 7. The molecule has 1 amide bonds. The maximum absolute atomic E-state index is 13.3. The average molecular weight is 512 g/mol. The number of benzene rings is 2. The smallest absolute Gasteiger partial charge is 0.275 e. The second-order valence-corrected chi connectivity index (χ2v) is 8.91. The van der Waals surface area contributed by atoms with Crippen LogP contribution in [0.25, 0.3) is 16.9 Å². The van der Waals surface area contributed by atoms with Crippen LogP contribution in [-0.2, 0) is 6.54 Å². The third-order valence-electron chi connectivity index (χ3n) is 6.12. The minimum atomic E-state index is -0.534. The standard InChI is InChI=1S/C27H25N7O4/c1-5-32-15-23(18(4)31-32)24-8-9-28-26-22(14-29-33(24)26)27(35)30-19-11-20(34(36)37)13-21(12-19)38-25-10-16(2)6-7-17(25)3/h6-15H,5H2,1-4H3,(H,30,35). The number of anilines is 1. The number of hydrogen-bond acceptors (Lipinski definition) is 7. The molecule has 0 saturated heterocycles. The Kier molecular flexibility index (Phi) is 6.33. The lowest BCUT2D eigenvalue weighted by Crippen LogP contribution is -2.12. The molecule has 2 aromatic carbocycles. The first-order valence-electron chi connectivity index (χ1n) is 12.0. The number of carbonyl (C=O) groups excluding carboxylic acids is 1. The minimum absolute atomic E-state index is 0.208. The van der Waals surface area contributed by atoms with Crippen LogP contribution in [0.1, 0.15) is 34.1 Å². The van der Waals surface area contributed by atoms with E-state index in [2.05, 4.69) is 20.5 Å². The number of nitro benzene ring substituents is 1. The molecule has 5 rings (SSSR count). The van der Waals surface area contributed by atoms with Gasteiger partial charge in [0.2, 0.25) is 0 Å². The summed E-state index contributed by atoms with van der Waals surface area (Å²) in [5.74, 6) is 0.291. The third-order valence-corrected chi connectivity index (χ3v) is 6.12. The number of non-ortho nitro benzene ring substituents is 1. The van der Waals surface area contributed by atoms with Crippen LogP contribution in [0.3, 0.4) is 0 Å². The largest absolute Gasteiger partial charge is 0.457 e.